The molecule has 6 heteroatoms. The van der Waals surface area contributed by atoms with Gasteiger partial charge in [0.15, 0.2) is 0 Å². The van der Waals surface area contributed by atoms with Crippen LogP contribution < -0.4 is 4.74 Å². The van der Waals surface area contributed by atoms with Crippen LogP contribution in [0.15, 0.2) is 18.2 Å². The van der Waals surface area contributed by atoms with E-state index in [0.29, 0.717) is 5.56 Å². The SMILES string of the molecule is COc1cc(C(F)(F)F)ccc1CC(C)C(=O)O. The van der Waals surface area contributed by atoms with E-state index in [1.54, 1.807) is 0 Å². The molecule has 0 aliphatic rings. The van der Waals surface area contributed by atoms with Crippen LogP contribution in [0.5, 0.6) is 5.75 Å². The zero-order valence-corrected chi connectivity index (χ0v) is 9.91. The number of methoxy groups -OCH3 is 1. The van der Waals surface area contributed by atoms with Gasteiger partial charge in [-0.25, -0.2) is 0 Å². The Morgan fingerprint density at radius 3 is 2.50 bits per heavy atom. The number of benzene rings is 1. The number of hydrogen-bond donors (Lipinski definition) is 1. The summed E-state index contributed by atoms with van der Waals surface area (Å²) in [6.07, 6.45) is -4.32. The summed E-state index contributed by atoms with van der Waals surface area (Å²) in [5.41, 5.74) is -0.369. The Morgan fingerprint density at radius 2 is 2.06 bits per heavy atom. The molecule has 0 aliphatic carbocycles. The molecule has 0 aromatic heterocycles. The first-order chi connectivity index (χ1) is 8.25. The van der Waals surface area contributed by atoms with Gasteiger partial charge in [0.2, 0.25) is 0 Å². The second kappa shape index (κ2) is 5.29. The highest BCUT2D eigenvalue weighted by atomic mass is 19.4. The van der Waals surface area contributed by atoms with Gasteiger partial charge in [-0.2, -0.15) is 13.2 Å². The second-order valence-electron chi connectivity index (χ2n) is 3.97. The van der Waals surface area contributed by atoms with Crippen molar-refractivity contribution in [3.8, 4) is 5.75 Å². The number of ether oxygens (including phenoxy) is 1. The summed E-state index contributed by atoms with van der Waals surface area (Å²) in [5.74, 6) is -1.63. The average molecular weight is 262 g/mol. The molecule has 100 valence electrons. The monoisotopic (exact) mass is 262 g/mol. The Morgan fingerprint density at radius 1 is 1.44 bits per heavy atom. The van der Waals surface area contributed by atoms with Gasteiger partial charge in [0.05, 0.1) is 18.6 Å². The minimum Gasteiger partial charge on any atom is -0.496 e. The fourth-order valence-corrected chi connectivity index (χ4v) is 1.51. The summed E-state index contributed by atoms with van der Waals surface area (Å²) in [7, 11) is 1.25. The van der Waals surface area contributed by atoms with Crippen LogP contribution in [-0.2, 0) is 17.4 Å². The van der Waals surface area contributed by atoms with E-state index in [1.165, 1.54) is 20.1 Å². The normalized spacial score (nSPS) is 13.2. The van der Waals surface area contributed by atoms with Crippen molar-refractivity contribution in [1.29, 1.82) is 0 Å². The molecule has 0 aliphatic heterocycles. The predicted octanol–water partition coefficient (Wildman–Crippen LogP) is 2.98. The number of carboxylic acid groups (broad SMARTS) is 1. The molecule has 1 N–H and O–H groups in total. The molecule has 1 unspecified atom stereocenters. The molecule has 0 saturated heterocycles. The largest absolute Gasteiger partial charge is 0.496 e. The Hall–Kier alpha value is -1.72. The van der Waals surface area contributed by atoms with Crippen LogP contribution in [0, 0.1) is 5.92 Å². The first-order valence-electron chi connectivity index (χ1n) is 5.22. The summed E-state index contributed by atoms with van der Waals surface area (Å²) in [5, 5.41) is 8.77. The molecule has 1 atom stereocenters. The van der Waals surface area contributed by atoms with Gasteiger partial charge in [-0.3, -0.25) is 4.79 Å². The van der Waals surface area contributed by atoms with Gasteiger partial charge in [0.1, 0.15) is 5.75 Å². The van der Waals surface area contributed by atoms with Crippen LogP contribution in [0.25, 0.3) is 0 Å². The summed E-state index contributed by atoms with van der Waals surface area (Å²) in [6.45, 7) is 1.49. The minimum absolute atomic E-state index is 0.0536. The summed E-state index contributed by atoms with van der Waals surface area (Å²) >= 11 is 0. The third kappa shape index (κ3) is 3.38. The highest BCUT2D eigenvalue weighted by Gasteiger charge is 2.31. The molecule has 18 heavy (non-hydrogen) atoms. The van der Waals surface area contributed by atoms with Gasteiger partial charge in [-0.05, 0) is 24.1 Å². The van der Waals surface area contributed by atoms with Crippen molar-refractivity contribution >= 4 is 5.97 Å². The van der Waals surface area contributed by atoms with Crippen LogP contribution in [0.4, 0.5) is 13.2 Å². The van der Waals surface area contributed by atoms with E-state index in [4.69, 9.17) is 9.84 Å². The zero-order chi connectivity index (χ0) is 13.9. The first-order valence-corrected chi connectivity index (χ1v) is 5.22. The van der Waals surface area contributed by atoms with E-state index in [0.717, 1.165) is 12.1 Å². The lowest BCUT2D eigenvalue weighted by Crippen LogP contribution is -2.13. The molecule has 1 rings (SSSR count). The van der Waals surface area contributed by atoms with E-state index in [9.17, 15) is 18.0 Å². The lowest BCUT2D eigenvalue weighted by molar-refractivity contribution is -0.141. The molecule has 0 fully saturated rings. The number of aliphatic carboxylic acids is 1. The maximum absolute atomic E-state index is 12.5. The lowest BCUT2D eigenvalue weighted by Gasteiger charge is -2.14. The smallest absolute Gasteiger partial charge is 0.416 e. The number of rotatable bonds is 4. The van der Waals surface area contributed by atoms with Gasteiger partial charge >= 0.3 is 12.1 Å². The van der Waals surface area contributed by atoms with Crippen LogP contribution >= 0.6 is 0 Å². The standard InChI is InChI=1S/C12H13F3O3/c1-7(11(16)17)5-8-3-4-9(12(13,14)15)6-10(8)18-2/h3-4,6-7H,5H2,1-2H3,(H,16,17). The van der Waals surface area contributed by atoms with Crippen LogP contribution in [-0.4, -0.2) is 18.2 Å². The average Bonchev–Trinajstić information content (AvgIpc) is 2.27. The molecule has 0 radical (unpaired) electrons. The Balaban J connectivity index is 3.04. The molecule has 1 aromatic rings. The molecule has 0 spiro atoms. The summed E-state index contributed by atoms with van der Waals surface area (Å²) < 4.78 is 42.3. The van der Waals surface area contributed by atoms with Gasteiger partial charge in [0.25, 0.3) is 0 Å². The third-order valence-corrected chi connectivity index (χ3v) is 2.56. The van der Waals surface area contributed by atoms with Crippen molar-refractivity contribution in [3.63, 3.8) is 0 Å². The number of hydrogen-bond acceptors (Lipinski definition) is 2. The number of carbonyl (C=O) groups is 1. The Bertz CT molecular complexity index is 441. The van der Waals surface area contributed by atoms with Crippen LogP contribution in [0.1, 0.15) is 18.1 Å². The summed E-state index contributed by atoms with van der Waals surface area (Å²) in [4.78, 5) is 10.7. The highest BCUT2D eigenvalue weighted by molar-refractivity contribution is 5.70. The quantitative estimate of drug-likeness (QED) is 0.907. The first kappa shape index (κ1) is 14.3. The number of carboxylic acids is 1. The van der Waals surface area contributed by atoms with E-state index in [-0.39, 0.29) is 12.2 Å². The van der Waals surface area contributed by atoms with E-state index in [2.05, 4.69) is 0 Å². The molecular weight excluding hydrogens is 249 g/mol. The van der Waals surface area contributed by atoms with Crippen LogP contribution in [0.3, 0.4) is 0 Å². The van der Waals surface area contributed by atoms with Crippen LogP contribution in [0.2, 0.25) is 0 Å². The second-order valence-corrected chi connectivity index (χ2v) is 3.97. The van der Waals surface area contributed by atoms with Crippen molar-refractivity contribution < 1.29 is 27.8 Å². The third-order valence-electron chi connectivity index (χ3n) is 2.56. The van der Waals surface area contributed by atoms with Crippen molar-refractivity contribution in [2.24, 2.45) is 5.92 Å². The van der Waals surface area contributed by atoms with E-state index in [1.807, 2.05) is 0 Å². The molecular formula is C12H13F3O3. The zero-order valence-electron chi connectivity index (χ0n) is 9.91. The predicted molar refractivity (Wildman–Crippen MR) is 58.5 cm³/mol. The van der Waals surface area contributed by atoms with E-state index < -0.39 is 23.6 Å². The maximum Gasteiger partial charge on any atom is 0.416 e. The van der Waals surface area contributed by atoms with Gasteiger partial charge in [0, 0.05) is 0 Å². The Labute approximate surface area is 102 Å². The van der Waals surface area contributed by atoms with Gasteiger partial charge in [-0.1, -0.05) is 13.0 Å². The Kier molecular flexibility index (Phi) is 4.21. The van der Waals surface area contributed by atoms with E-state index >= 15 is 0 Å². The molecule has 3 nitrogen and oxygen atoms in total. The summed E-state index contributed by atoms with van der Waals surface area (Å²) in [6, 6.07) is 3.05. The molecule has 1 aromatic carbocycles. The molecule has 0 saturated carbocycles. The van der Waals surface area contributed by atoms with Gasteiger partial charge < -0.3 is 9.84 Å². The van der Waals surface area contributed by atoms with Crippen molar-refractivity contribution in [3.05, 3.63) is 29.3 Å². The van der Waals surface area contributed by atoms with Gasteiger partial charge in [-0.15, -0.1) is 0 Å². The molecule has 0 bridgehead atoms. The van der Waals surface area contributed by atoms with Crippen molar-refractivity contribution in [1.82, 2.24) is 0 Å². The lowest BCUT2D eigenvalue weighted by atomic mass is 9.99. The van der Waals surface area contributed by atoms with Crippen molar-refractivity contribution in [2.45, 2.75) is 19.5 Å². The van der Waals surface area contributed by atoms with Crippen molar-refractivity contribution in [2.75, 3.05) is 7.11 Å². The topological polar surface area (TPSA) is 46.5 Å². The number of halogens is 3. The molecule has 0 heterocycles. The fraction of sp³-hybridized carbons (Fsp3) is 0.417. The molecule has 0 amide bonds. The minimum atomic E-state index is -4.44. The number of alkyl halides is 3. The fourth-order valence-electron chi connectivity index (χ4n) is 1.51. The maximum atomic E-state index is 12.5. The highest BCUT2D eigenvalue weighted by Crippen LogP contribution is 2.33.